The highest BCUT2D eigenvalue weighted by molar-refractivity contribution is 5.91. The fraction of sp³-hybridized carbons (Fsp3) is 0.375. The van der Waals surface area contributed by atoms with E-state index in [1.165, 1.54) is 6.26 Å². The van der Waals surface area contributed by atoms with Crippen molar-refractivity contribution in [2.24, 2.45) is 5.92 Å². The Morgan fingerprint density at radius 3 is 2.86 bits per heavy atom. The number of rotatable bonds is 1. The van der Waals surface area contributed by atoms with Crippen LogP contribution < -0.4 is 5.56 Å². The molecule has 4 rings (SSSR count). The lowest BCUT2D eigenvalue weighted by Gasteiger charge is -2.42. The second kappa shape index (κ2) is 4.62. The van der Waals surface area contributed by atoms with Gasteiger partial charge in [0.05, 0.1) is 6.26 Å². The molecule has 0 aliphatic carbocycles. The molecule has 0 unspecified atom stereocenters. The van der Waals surface area contributed by atoms with Crippen molar-refractivity contribution in [2.75, 3.05) is 13.1 Å². The molecule has 0 radical (unpaired) electrons. The summed E-state index contributed by atoms with van der Waals surface area (Å²) in [4.78, 5) is 26.3. The van der Waals surface area contributed by atoms with Crippen molar-refractivity contribution in [2.45, 2.75) is 18.9 Å². The van der Waals surface area contributed by atoms with Gasteiger partial charge in [-0.1, -0.05) is 6.07 Å². The van der Waals surface area contributed by atoms with Crippen molar-refractivity contribution >= 4 is 5.91 Å². The van der Waals surface area contributed by atoms with Crippen molar-refractivity contribution < 1.29 is 9.21 Å². The number of fused-ring (bicyclic) bond motifs is 4. The van der Waals surface area contributed by atoms with E-state index in [9.17, 15) is 9.59 Å². The smallest absolute Gasteiger partial charge is 0.289 e. The number of furan rings is 1. The van der Waals surface area contributed by atoms with E-state index in [-0.39, 0.29) is 17.4 Å². The minimum absolute atomic E-state index is 0.0542. The predicted octanol–water partition coefficient (Wildman–Crippen LogP) is 1.70. The van der Waals surface area contributed by atoms with Crippen LogP contribution in [0.15, 0.2) is 45.8 Å². The van der Waals surface area contributed by atoms with E-state index >= 15 is 0 Å². The summed E-state index contributed by atoms with van der Waals surface area (Å²) < 4.78 is 7.08. The molecule has 0 aromatic carbocycles. The molecule has 2 bridgehead atoms. The molecule has 1 saturated heterocycles. The lowest BCUT2D eigenvalue weighted by molar-refractivity contribution is 0.0564. The number of amides is 1. The minimum atomic E-state index is -0.0542. The molecule has 4 heterocycles. The first-order valence-corrected chi connectivity index (χ1v) is 7.25. The molecule has 2 aliphatic heterocycles. The van der Waals surface area contributed by atoms with Crippen molar-refractivity contribution in [1.29, 1.82) is 0 Å². The summed E-state index contributed by atoms with van der Waals surface area (Å²) in [5.74, 6) is 0.919. The van der Waals surface area contributed by atoms with Gasteiger partial charge in [-0.15, -0.1) is 0 Å². The number of hydrogen-bond acceptors (Lipinski definition) is 3. The number of piperidine rings is 1. The second-order valence-electron chi connectivity index (χ2n) is 5.89. The number of carbonyl (C=O) groups excluding carboxylic acids is 1. The van der Waals surface area contributed by atoms with Gasteiger partial charge in [0, 0.05) is 37.3 Å². The molecule has 2 atom stereocenters. The van der Waals surface area contributed by atoms with Crippen LogP contribution in [0.4, 0.5) is 0 Å². The zero-order chi connectivity index (χ0) is 14.4. The Labute approximate surface area is 121 Å². The Morgan fingerprint density at radius 1 is 1.14 bits per heavy atom. The van der Waals surface area contributed by atoms with E-state index in [0.29, 0.717) is 31.3 Å². The molecule has 2 aromatic heterocycles. The molecule has 108 valence electrons. The lowest BCUT2D eigenvalue weighted by Crippen LogP contribution is -2.49. The fourth-order valence-electron chi connectivity index (χ4n) is 3.62. The maximum Gasteiger partial charge on any atom is 0.289 e. The van der Waals surface area contributed by atoms with Crippen LogP contribution in [0.3, 0.4) is 0 Å². The van der Waals surface area contributed by atoms with Crippen molar-refractivity contribution in [3.8, 4) is 0 Å². The highest BCUT2D eigenvalue weighted by Gasteiger charge is 2.36. The van der Waals surface area contributed by atoms with Gasteiger partial charge in [-0.2, -0.15) is 0 Å². The summed E-state index contributed by atoms with van der Waals surface area (Å²) in [7, 11) is 0. The summed E-state index contributed by atoms with van der Waals surface area (Å²) in [5.41, 5.74) is 1.11. The summed E-state index contributed by atoms with van der Waals surface area (Å²) in [5, 5.41) is 0. The van der Waals surface area contributed by atoms with Gasteiger partial charge in [-0.05, 0) is 30.5 Å². The topological polar surface area (TPSA) is 55.5 Å². The van der Waals surface area contributed by atoms with Crippen molar-refractivity contribution in [3.63, 3.8) is 0 Å². The van der Waals surface area contributed by atoms with E-state index in [1.54, 1.807) is 18.2 Å². The Morgan fingerprint density at radius 2 is 2.05 bits per heavy atom. The molecule has 0 N–H and O–H groups in total. The third kappa shape index (κ3) is 2.00. The number of pyridine rings is 1. The Bertz CT molecular complexity index is 732. The van der Waals surface area contributed by atoms with Gasteiger partial charge in [0.1, 0.15) is 0 Å². The largest absolute Gasteiger partial charge is 0.459 e. The molecule has 2 aliphatic rings. The molecular weight excluding hydrogens is 268 g/mol. The predicted molar refractivity (Wildman–Crippen MR) is 76.2 cm³/mol. The minimum Gasteiger partial charge on any atom is -0.459 e. The maximum absolute atomic E-state index is 12.4. The Kier molecular flexibility index (Phi) is 2.74. The summed E-state index contributed by atoms with van der Waals surface area (Å²) in [6, 6.07) is 8.85. The van der Waals surface area contributed by atoms with Gasteiger partial charge in [0.25, 0.3) is 11.5 Å². The van der Waals surface area contributed by atoms with Crippen LogP contribution in [0.1, 0.15) is 28.6 Å². The zero-order valence-corrected chi connectivity index (χ0v) is 11.6. The first-order valence-electron chi connectivity index (χ1n) is 7.25. The fourth-order valence-corrected chi connectivity index (χ4v) is 3.62. The SMILES string of the molecule is O=C(c1ccco1)N1C[C@@H]2C[C@@H](C1)c1cccc(=O)n1C2. The van der Waals surface area contributed by atoms with Crippen LogP contribution in [0.25, 0.3) is 0 Å². The third-order valence-corrected chi connectivity index (χ3v) is 4.50. The Hall–Kier alpha value is -2.30. The first kappa shape index (κ1) is 12.4. The van der Waals surface area contributed by atoms with Crippen LogP contribution in [0.2, 0.25) is 0 Å². The molecule has 0 saturated carbocycles. The average molecular weight is 284 g/mol. The van der Waals surface area contributed by atoms with Gasteiger partial charge < -0.3 is 13.9 Å². The zero-order valence-electron chi connectivity index (χ0n) is 11.6. The molecular formula is C16H16N2O3. The van der Waals surface area contributed by atoms with E-state index in [1.807, 2.05) is 21.6 Å². The van der Waals surface area contributed by atoms with Gasteiger partial charge in [-0.25, -0.2) is 0 Å². The van der Waals surface area contributed by atoms with Gasteiger partial charge in [0.2, 0.25) is 0 Å². The summed E-state index contributed by atoms with van der Waals surface area (Å²) >= 11 is 0. The van der Waals surface area contributed by atoms with E-state index in [4.69, 9.17) is 4.42 Å². The molecule has 1 amide bonds. The van der Waals surface area contributed by atoms with E-state index < -0.39 is 0 Å². The number of likely N-dealkylation sites (tertiary alicyclic amines) is 1. The van der Waals surface area contributed by atoms with Crippen LogP contribution in [0, 0.1) is 5.92 Å². The maximum atomic E-state index is 12.4. The quantitative estimate of drug-likeness (QED) is 0.801. The highest BCUT2D eigenvalue weighted by Crippen LogP contribution is 2.35. The van der Waals surface area contributed by atoms with Crippen LogP contribution in [0.5, 0.6) is 0 Å². The Balaban J connectivity index is 1.65. The molecule has 1 fully saturated rings. The van der Waals surface area contributed by atoms with Crippen molar-refractivity contribution in [3.05, 3.63) is 58.4 Å². The molecule has 21 heavy (non-hydrogen) atoms. The van der Waals surface area contributed by atoms with Gasteiger partial charge in [0.15, 0.2) is 5.76 Å². The van der Waals surface area contributed by atoms with Crippen LogP contribution in [-0.2, 0) is 6.54 Å². The number of hydrogen-bond donors (Lipinski definition) is 0. The molecule has 2 aromatic rings. The van der Waals surface area contributed by atoms with Crippen LogP contribution in [-0.4, -0.2) is 28.5 Å². The van der Waals surface area contributed by atoms with Gasteiger partial charge in [-0.3, -0.25) is 9.59 Å². The average Bonchev–Trinajstić information content (AvgIpc) is 3.02. The molecule has 5 heteroatoms. The third-order valence-electron chi connectivity index (χ3n) is 4.50. The second-order valence-corrected chi connectivity index (χ2v) is 5.89. The van der Waals surface area contributed by atoms with E-state index in [2.05, 4.69) is 0 Å². The summed E-state index contributed by atoms with van der Waals surface area (Å²) in [6.45, 7) is 2.05. The number of nitrogens with zero attached hydrogens (tertiary/aromatic N) is 2. The standard InChI is InChI=1S/C16H16N2O3/c19-15-5-1-3-13-12-7-11(9-18(13)15)8-17(10-12)16(20)14-4-2-6-21-14/h1-6,11-12H,7-10H2/t11-,12-/m0/s1. The molecule has 0 spiro atoms. The number of carbonyl (C=O) groups is 1. The van der Waals surface area contributed by atoms with E-state index in [0.717, 1.165) is 12.1 Å². The normalized spacial score (nSPS) is 23.7. The lowest BCUT2D eigenvalue weighted by atomic mass is 9.83. The monoisotopic (exact) mass is 284 g/mol. The number of aromatic nitrogens is 1. The molecule has 5 nitrogen and oxygen atoms in total. The van der Waals surface area contributed by atoms with Gasteiger partial charge >= 0.3 is 0 Å². The summed E-state index contributed by atoms with van der Waals surface area (Å²) in [6.07, 6.45) is 2.57. The van der Waals surface area contributed by atoms with Crippen LogP contribution >= 0.6 is 0 Å². The van der Waals surface area contributed by atoms with Crippen molar-refractivity contribution in [1.82, 2.24) is 9.47 Å². The first-order chi connectivity index (χ1) is 10.2. The highest BCUT2D eigenvalue weighted by atomic mass is 16.3.